The number of hydrogen-bond acceptors (Lipinski definition) is 5. The number of rotatable bonds is 3. The van der Waals surface area contributed by atoms with Crippen LogP contribution in [0.5, 0.6) is 28.7 Å². The summed E-state index contributed by atoms with van der Waals surface area (Å²) >= 11 is 0. The minimum atomic E-state index is -0.667. The second kappa shape index (κ2) is 5.53. The van der Waals surface area contributed by atoms with E-state index in [-0.39, 0.29) is 22.8 Å². The highest BCUT2D eigenvalue weighted by atomic mass is 19.1. The maximum absolute atomic E-state index is 13.8. The van der Waals surface area contributed by atoms with Crippen molar-refractivity contribution in [2.45, 2.75) is 6.92 Å². The first kappa shape index (κ1) is 14.7. The number of benzene rings is 2. The molecule has 0 aliphatic carbocycles. The molecule has 2 aromatic carbocycles. The summed E-state index contributed by atoms with van der Waals surface area (Å²) in [5.74, 6) is -2.02. The number of phenolic OH excluding ortho intramolecular Hbond substituents is 3. The van der Waals surface area contributed by atoms with Gasteiger partial charge < -0.3 is 20.1 Å². The summed E-state index contributed by atoms with van der Waals surface area (Å²) in [6.45, 7) is 1.67. The Morgan fingerprint density at radius 2 is 1.78 bits per heavy atom. The molecule has 0 aliphatic heterocycles. The lowest BCUT2D eigenvalue weighted by Gasteiger charge is -2.10. The van der Waals surface area contributed by atoms with Gasteiger partial charge in [0.25, 0.3) is 0 Å². The van der Waals surface area contributed by atoms with Gasteiger partial charge in [-0.3, -0.25) is 5.10 Å². The molecule has 0 amide bonds. The zero-order valence-corrected chi connectivity index (χ0v) is 12.0. The van der Waals surface area contributed by atoms with Crippen LogP contribution < -0.4 is 4.74 Å². The Labute approximate surface area is 130 Å². The lowest BCUT2D eigenvalue weighted by Crippen LogP contribution is -1.91. The summed E-state index contributed by atoms with van der Waals surface area (Å²) in [6, 6.07) is 8.45. The number of aromatic hydroxyl groups is 3. The molecular weight excluding hydrogens is 303 g/mol. The quantitative estimate of drug-likeness (QED) is 0.555. The van der Waals surface area contributed by atoms with Gasteiger partial charge in [0.05, 0.1) is 11.3 Å². The van der Waals surface area contributed by atoms with Crippen LogP contribution in [0.1, 0.15) is 5.69 Å². The minimum absolute atomic E-state index is 0.000685. The Balaban J connectivity index is 2.10. The Morgan fingerprint density at radius 1 is 1.04 bits per heavy atom. The number of aromatic nitrogens is 2. The zero-order chi connectivity index (χ0) is 16.6. The van der Waals surface area contributed by atoms with Gasteiger partial charge in [-0.2, -0.15) is 5.10 Å². The van der Waals surface area contributed by atoms with E-state index in [0.29, 0.717) is 5.69 Å². The summed E-state index contributed by atoms with van der Waals surface area (Å²) in [5, 5.41) is 35.7. The molecule has 118 valence electrons. The van der Waals surface area contributed by atoms with E-state index in [2.05, 4.69) is 10.2 Å². The van der Waals surface area contributed by atoms with E-state index in [9.17, 15) is 19.7 Å². The van der Waals surface area contributed by atoms with Crippen LogP contribution in [0, 0.1) is 12.7 Å². The Hall–Kier alpha value is -3.22. The van der Waals surface area contributed by atoms with Crippen LogP contribution >= 0.6 is 0 Å². The van der Waals surface area contributed by atoms with Crippen molar-refractivity contribution in [2.75, 3.05) is 0 Å². The van der Waals surface area contributed by atoms with Crippen molar-refractivity contribution in [1.29, 1.82) is 0 Å². The largest absolute Gasteiger partial charge is 0.504 e. The molecule has 0 saturated carbocycles. The third-order valence-corrected chi connectivity index (χ3v) is 3.32. The molecule has 3 rings (SSSR count). The number of nitrogens with zero attached hydrogens (tertiary/aromatic N) is 1. The number of aryl methyl sites for hydroxylation is 1. The molecule has 0 saturated heterocycles. The molecule has 3 aromatic rings. The van der Waals surface area contributed by atoms with Gasteiger partial charge in [0.1, 0.15) is 5.69 Å². The van der Waals surface area contributed by atoms with Gasteiger partial charge in [-0.15, -0.1) is 0 Å². The molecule has 6 nitrogen and oxygen atoms in total. The normalized spacial score (nSPS) is 10.7. The van der Waals surface area contributed by atoms with Crippen LogP contribution in [0.3, 0.4) is 0 Å². The second-order valence-corrected chi connectivity index (χ2v) is 4.89. The summed E-state index contributed by atoms with van der Waals surface area (Å²) < 4.78 is 19.3. The predicted molar refractivity (Wildman–Crippen MR) is 80.2 cm³/mol. The van der Waals surface area contributed by atoms with Crippen LogP contribution in [0.15, 0.2) is 36.4 Å². The van der Waals surface area contributed by atoms with Gasteiger partial charge in [0, 0.05) is 0 Å². The van der Waals surface area contributed by atoms with Gasteiger partial charge >= 0.3 is 0 Å². The van der Waals surface area contributed by atoms with Gasteiger partial charge in [-0.25, -0.2) is 4.39 Å². The van der Waals surface area contributed by atoms with E-state index >= 15 is 0 Å². The third kappa shape index (κ3) is 2.52. The van der Waals surface area contributed by atoms with Crippen molar-refractivity contribution in [1.82, 2.24) is 10.2 Å². The maximum atomic E-state index is 13.8. The summed E-state index contributed by atoms with van der Waals surface area (Å²) in [6.07, 6.45) is 0. The zero-order valence-electron chi connectivity index (χ0n) is 12.0. The predicted octanol–water partition coefficient (Wildman–Crippen LogP) is 3.43. The Bertz CT molecular complexity index is 877. The van der Waals surface area contributed by atoms with Crippen LogP contribution in [-0.4, -0.2) is 25.5 Å². The van der Waals surface area contributed by atoms with Crippen molar-refractivity contribution in [2.24, 2.45) is 0 Å². The number of halogens is 1. The highest BCUT2D eigenvalue weighted by Gasteiger charge is 2.21. The van der Waals surface area contributed by atoms with E-state index in [1.807, 2.05) is 0 Å². The first-order chi connectivity index (χ1) is 11.0. The van der Waals surface area contributed by atoms with Crippen LogP contribution in [0.25, 0.3) is 11.3 Å². The average Bonchev–Trinajstić information content (AvgIpc) is 2.89. The Kier molecular flexibility index (Phi) is 3.53. The van der Waals surface area contributed by atoms with Crippen molar-refractivity contribution in [3.63, 3.8) is 0 Å². The fraction of sp³-hybridized carbons (Fsp3) is 0.0625. The monoisotopic (exact) mass is 316 g/mol. The third-order valence-electron chi connectivity index (χ3n) is 3.32. The minimum Gasteiger partial charge on any atom is -0.504 e. The SMILES string of the molecule is Cc1[nH]nc(-c2ccc(O)c(O)c2O)c1Oc1ccccc1F. The van der Waals surface area contributed by atoms with E-state index in [0.717, 1.165) is 0 Å². The molecule has 0 radical (unpaired) electrons. The lowest BCUT2D eigenvalue weighted by atomic mass is 10.1. The van der Waals surface area contributed by atoms with E-state index in [1.165, 1.54) is 30.3 Å². The molecule has 0 aliphatic rings. The Morgan fingerprint density at radius 3 is 2.52 bits per heavy atom. The summed E-state index contributed by atoms with van der Waals surface area (Å²) in [5.41, 5.74) is 0.824. The average molecular weight is 316 g/mol. The number of phenols is 3. The standard InChI is InChI=1S/C16H13FN2O4/c1-8-16(23-12-5-3-2-4-10(12)17)13(19-18-8)9-6-7-11(20)15(22)14(9)21/h2-7,20-22H,1H3,(H,18,19). The molecule has 4 N–H and O–H groups in total. The number of nitrogens with one attached hydrogen (secondary N) is 1. The molecule has 0 unspecified atom stereocenters. The highest BCUT2D eigenvalue weighted by molar-refractivity contribution is 5.77. The smallest absolute Gasteiger partial charge is 0.200 e. The molecule has 0 bridgehead atoms. The van der Waals surface area contributed by atoms with Gasteiger partial charge in [0.2, 0.25) is 5.75 Å². The van der Waals surface area contributed by atoms with Crippen molar-refractivity contribution >= 4 is 0 Å². The van der Waals surface area contributed by atoms with Gasteiger partial charge in [0.15, 0.2) is 28.8 Å². The van der Waals surface area contributed by atoms with Crippen molar-refractivity contribution in [3.8, 4) is 40.0 Å². The summed E-state index contributed by atoms with van der Waals surface area (Å²) in [4.78, 5) is 0. The van der Waals surface area contributed by atoms with Gasteiger partial charge in [-0.1, -0.05) is 12.1 Å². The molecule has 1 heterocycles. The van der Waals surface area contributed by atoms with Crippen molar-refractivity contribution in [3.05, 3.63) is 47.9 Å². The van der Waals surface area contributed by atoms with Crippen LogP contribution in [0.2, 0.25) is 0 Å². The van der Waals surface area contributed by atoms with E-state index < -0.39 is 23.1 Å². The maximum Gasteiger partial charge on any atom is 0.200 e. The number of H-pyrrole nitrogens is 1. The molecule has 0 spiro atoms. The van der Waals surface area contributed by atoms with Crippen LogP contribution in [0.4, 0.5) is 4.39 Å². The van der Waals surface area contributed by atoms with E-state index in [4.69, 9.17) is 4.74 Å². The molecule has 23 heavy (non-hydrogen) atoms. The number of aromatic amines is 1. The number of para-hydroxylation sites is 1. The molecular formula is C16H13FN2O4. The van der Waals surface area contributed by atoms with Crippen molar-refractivity contribution < 1.29 is 24.4 Å². The summed E-state index contributed by atoms with van der Waals surface area (Å²) in [7, 11) is 0. The first-order valence-electron chi connectivity index (χ1n) is 6.70. The highest BCUT2D eigenvalue weighted by Crippen LogP contribution is 2.45. The number of ether oxygens (including phenoxy) is 1. The number of hydrogen-bond donors (Lipinski definition) is 4. The van der Waals surface area contributed by atoms with E-state index in [1.54, 1.807) is 13.0 Å². The fourth-order valence-corrected chi connectivity index (χ4v) is 2.12. The second-order valence-electron chi connectivity index (χ2n) is 4.89. The molecule has 1 aromatic heterocycles. The first-order valence-corrected chi connectivity index (χ1v) is 6.70. The fourth-order valence-electron chi connectivity index (χ4n) is 2.12. The van der Waals surface area contributed by atoms with Gasteiger partial charge in [-0.05, 0) is 31.2 Å². The molecule has 0 fully saturated rings. The lowest BCUT2D eigenvalue weighted by molar-refractivity contribution is 0.368. The molecule has 7 heteroatoms. The topological polar surface area (TPSA) is 98.6 Å². The molecule has 0 atom stereocenters. The van der Waals surface area contributed by atoms with Crippen LogP contribution in [-0.2, 0) is 0 Å².